The van der Waals surface area contributed by atoms with Crippen LogP contribution in [0.25, 0.3) is 5.69 Å². The molecular formula is C24H25FN4O2. The van der Waals surface area contributed by atoms with E-state index in [0.717, 1.165) is 16.9 Å². The number of rotatable bonds is 5. The van der Waals surface area contributed by atoms with E-state index in [4.69, 9.17) is 0 Å². The Morgan fingerprint density at radius 1 is 1.06 bits per heavy atom. The van der Waals surface area contributed by atoms with Crippen LogP contribution in [-0.4, -0.2) is 39.6 Å². The minimum absolute atomic E-state index is 0.0272. The van der Waals surface area contributed by atoms with Crippen LogP contribution in [0, 0.1) is 18.7 Å². The molecule has 0 bridgehead atoms. The summed E-state index contributed by atoms with van der Waals surface area (Å²) in [7, 11) is 0. The Kier molecular flexibility index (Phi) is 6.11. The fraction of sp³-hybridized carbons (Fsp3) is 0.292. The van der Waals surface area contributed by atoms with Gasteiger partial charge in [0.25, 0.3) is 5.91 Å². The van der Waals surface area contributed by atoms with Gasteiger partial charge in [-0.2, -0.15) is 5.10 Å². The van der Waals surface area contributed by atoms with Gasteiger partial charge in [-0.15, -0.1) is 0 Å². The summed E-state index contributed by atoms with van der Waals surface area (Å²) in [5.41, 5.74) is 3.08. The van der Waals surface area contributed by atoms with Gasteiger partial charge in [0.2, 0.25) is 5.91 Å². The van der Waals surface area contributed by atoms with Crippen LogP contribution >= 0.6 is 0 Å². The first-order valence-corrected chi connectivity index (χ1v) is 10.4. The van der Waals surface area contributed by atoms with E-state index in [1.54, 1.807) is 27.8 Å². The van der Waals surface area contributed by atoms with Gasteiger partial charge < -0.3 is 10.2 Å². The van der Waals surface area contributed by atoms with E-state index in [-0.39, 0.29) is 23.5 Å². The summed E-state index contributed by atoms with van der Waals surface area (Å²) in [5, 5.41) is 7.41. The second-order valence-corrected chi connectivity index (χ2v) is 7.83. The van der Waals surface area contributed by atoms with E-state index in [1.807, 2.05) is 37.3 Å². The lowest BCUT2D eigenvalue weighted by Crippen LogP contribution is -2.43. The summed E-state index contributed by atoms with van der Waals surface area (Å²) in [6, 6.07) is 17.6. The van der Waals surface area contributed by atoms with Gasteiger partial charge in [0, 0.05) is 31.2 Å². The topological polar surface area (TPSA) is 67.2 Å². The number of para-hydroxylation sites is 1. The fourth-order valence-electron chi connectivity index (χ4n) is 3.85. The summed E-state index contributed by atoms with van der Waals surface area (Å²) in [4.78, 5) is 27.2. The molecular weight excluding hydrogens is 395 g/mol. The highest BCUT2D eigenvalue weighted by Crippen LogP contribution is 2.20. The van der Waals surface area contributed by atoms with Gasteiger partial charge in [0.1, 0.15) is 5.82 Å². The highest BCUT2D eigenvalue weighted by Gasteiger charge is 2.29. The third-order valence-corrected chi connectivity index (χ3v) is 5.64. The number of halogens is 1. The van der Waals surface area contributed by atoms with Crippen LogP contribution in [0.15, 0.2) is 60.7 Å². The average Bonchev–Trinajstić information content (AvgIpc) is 3.20. The molecule has 2 amide bonds. The van der Waals surface area contributed by atoms with E-state index < -0.39 is 0 Å². The minimum atomic E-state index is -0.295. The Bertz CT molecular complexity index is 1050. The van der Waals surface area contributed by atoms with Crippen LogP contribution in [0.5, 0.6) is 0 Å². The van der Waals surface area contributed by atoms with Gasteiger partial charge in [-0.05, 0) is 55.7 Å². The molecule has 1 saturated heterocycles. The van der Waals surface area contributed by atoms with Gasteiger partial charge in [0.05, 0.1) is 5.69 Å². The van der Waals surface area contributed by atoms with Gasteiger partial charge in [-0.1, -0.05) is 30.3 Å². The molecule has 0 unspecified atom stereocenters. The summed E-state index contributed by atoms with van der Waals surface area (Å²) in [6.45, 7) is 3.33. The minimum Gasteiger partial charge on any atom is -0.352 e. The van der Waals surface area contributed by atoms with Crippen LogP contribution in [0.3, 0.4) is 0 Å². The Balaban J connectivity index is 1.32. The first-order valence-electron chi connectivity index (χ1n) is 10.4. The first kappa shape index (κ1) is 20.8. The van der Waals surface area contributed by atoms with Crippen molar-refractivity contribution in [2.75, 3.05) is 13.1 Å². The molecule has 7 heteroatoms. The Morgan fingerprint density at radius 2 is 1.74 bits per heavy atom. The largest absolute Gasteiger partial charge is 0.352 e. The quantitative estimate of drug-likeness (QED) is 0.687. The number of carbonyl (C=O) groups excluding carboxylic acids is 2. The third kappa shape index (κ3) is 4.82. The molecule has 0 atom stereocenters. The fourth-order valence-corrected chi connectivity index (χ4v) is 3.85. The van der Waals surface area contributed by atoms with Crippen molar-refractivity contribution in [3.63, 3.8) is 0 Å². The number of nitrogens with one attached hydrogen (secondary N) is 1. The van der Waals surface area contributed by atoms with Crippen LogP contribution in [0.1, 0.15) is 34.6 Å². The van der Waals surface area contributed by atoms with Crippen molar-refractivity contribution in [1.82, 2.24) is 20.0 Å². The molecule has 2 aromatic carbocycles. The lowest BCUT2D eigenvalue weighted by atomic mass is 9.95. The number of hydrogen-bond donors (Lipinski definition) is 1. The molecule has 1 aromatic heterocycles. The maximum Gasteiger partial charge on any atom is 0.274 e. The average molecular weight is 420 g/mol. The van der Waals surface area contributed by atoms with Gasteiger partial charge in [-0.25, -0.2) is 9.07 Å². The Morgan fingerprint density at radius 3 is 2.42 bits per heavy atom. The standard InChI is InChI=1S/C24H25FN4O2/c1-17-15-22(27-29(17)21-5-3-2-4-6-21)24(31)28-13-11-19(12-14-28)23(30)26-16-18-7-9-20(25)10-8-18/h2-10,15,19H,11-14,16H2,1H3,(H,26,30). The van der Waals surface area contributed by atoms with Crippen molar-refractivity contribution < 1.29 is 14.0 Å². The van der Waals surface area contributed by atoms with Crippen LogP contribution in [0.4, 0.5) is 4.39 Å². The number of amides is 2. The molecule has 0 spiro atoms. The molecule has 31 heavy (non-hydrogen) atoms. The van der Waals surface area contributed by atoms with Crippen molar-refractivity contribution in [2.45, 2.75) is 26.3 Å². The van der Waals surface area contributed by atoms with E-state index in [2.05, 4.69) is 10.4 Å². The Hall–Kier alpha value is -3.48. The van der Waals surface area contributed by atoms with Crippen molar-refractivity contribution in [1.29, 1.82) is 0 Å². The molecule has 0 radical (unpaired) electrons. The zero-order valence-electron chi connectivity index (χ0n) is 17.4. The monoisotopic (exact) mass is 420 g/mol. The molecule has 6 nitrogen and oxygen atoms in total. The lowest BCUT2D eigenvalue weighted by molar-refractivity contribution is -0.126. The Labute approximate surface area is 180 Å². The van der Waals surface area contributed by atoms with Gasteiger partial charge in [0.15, 0.2) is 5.69 Å². The van der Waals surface area contributed by atoms with Crippen LogP contribution in [-0.2, 0) is 11.3 Å². The molecule has 1 aliphatic rings. The maximum absolute atomic E-state index is 13.0. The smallest absolute Gasteiger partial charge is 0.274 e. The number of nitrogens with zero attached hydrogens (tertiary/aromatic N) is 3. The molecule has 1 fully saturated rings. The van der Waals surface area contributed by atoms with E-state index >= 15 is 0 Å². The van der Waals surface area contributed by atoms with Crippen molar-refractivity contribution >= 4 is 11.8 Å². The molecule has 2 heterocycles. The zero-order chi connectivity index (χ0) is 21.8. The zero-order valence-corrected chi connectivity index (χ0v) is 17.4. The number of hydrogen-bond acceptors (Lipinski definition) is 3. The SMILES string of the molecule is Cc1cc(C(=O)N2CCC(C(=O)NCc3ccc(F)cc3)CC2)nn1-c1ccccc1. The van der Waals surface area contributed by atoms with E-state index in [0.29, 0.717) is 38.2 Å². The number of carbonyl (C=O) groups is 2. The summed E-state index contributed by atoms with van der Waals surface area (Å²) in [5.74, 6) is -0.562. The van der Waals surface area contributed by atoms with Crippen molar-refractivity contribution in [3.8, 4) is 5.69 Å². The first-order chi connectivity index (χ1) is 15.0. The van der Waals surface area contributed by atoms with Gasteiger partial charge in [-0.3, -0.25) is 9.59 Å². The second-order valence-electron chi connectivity index (χ2n) is 7.83. The predicted octanol–water partition coefficient (Wildman–Crippen LogP) is 3.49. The number of aromatic nitrogens is 2. The molecule has 3 aromatic rings. The summed E-state index contributed by atoms with van der Waals surface area (Å²) in [6.07, 6.45) is 1.22. The normalized spacial score (nSPS) is 14.5. The van der Waals surface area contributed by atoms with Crippen LogP contribution < -0.4 is 5.32 Å². The molecule has 1 N–H and O–H groups in total. The molecule has 0 saturated carbocycles. The maximum atomic E-state index is 13.0. The number of aryl methyl sites for hydroxylation is 1. The number of benzene rings is 2. The van der Waals surface area contributed by atoms with Crippen molar-refractivity contribution in [2.24, 2.45) is 5.92 Å². The highest BCUT2D eigenvalue weighted by molar-refractivity contribution is 5.92. The lowest BCUT2D eigenvalue weighted by Gasteiger charge is -2.30. The van der Waals surface area contributed by atoms with Crippen molar-refractivity contribution in [3.05, 3.63) is 83.4 Å². The summed E-state index contributed by atoms with van der Waals surface area (Å²) >= 11 is 0. The van der Waals surface area contributed by atoms with E-state index in [1.165, 1.54) is 12.1 Å². The van der Waals surface area contributed by atoms with E-state index in [9.17, 15) is 14.0 Å². The molecule has 0 aliphatic carbocycles. The molecule has 4 rings (SSSR count). The number of likely N-dealkylation sites (tertiary alicyclic amines) is 1. The third-order valence-electron chi connectivity index (χ3n) is 5.64. The highest BCUT2D eigenvalue weighted by atomic mass is 19.1. The second kappa shape index (κ2) is 9.12. The number of piperidine rings is 1. The van der Waals surface area contributed by atoms with Gasteiger partial charge >= 0.3 is 0 Å². The van der Waals surface area contributed by atoms with Crippen LogP contribution in [0.2, 0.25) is 0 Å². The summed E-state index contributed by atoms with van der Waals surface area (Å²) < 4.78 is 14.8. The molecule has 160 valence electrons. The predicted molar refractivity (Wildman–Crippen MR) is 115 cm³/mol. The molecule has 1 aliphatic heterocycles.